The van der Waals surface area contributed by atoms with Gasteiger partial charge in [-0.15, -0.1) is 0 Å². The number of aromatic hydroxyl groups is 2. The molecule has 8 heteroatoms. The molecule has 1 saturated carbocycles. The molecule has 1 fully saturated rings. The van der Waals surface area contributed by atoms with Gasteiger partial charge in [0.15, 0.2) is 23.0 Å². The van der Waals surface area contributed by atoms with E-state index in [9.17, 15) is 19.8 Å². The van der Waals surface area contributed by atoms with E-state index in [4.69, 9.17) is 19.3 Å². The zero-order chi connectivity index (χ0) is 26.1. The van der Waals surface area contributed by atoms with Gasteiger partial charge >= 0.3 is 5.97 Å². The van der Waals surface area contributed by atoms with Crippen LogP contribution in [0.2, 0.25) is 0 Å². The Bertz CT molecular complexity index is 1040. The van der Waals surface area contributed by atoms with Gasteiger partial charge in [-0.05, 0) is 61.1 Å². The van der Waals surface area contributed by atoms with Gasteiger partial charge in [-0.25, -0.2) is 0 Å². The average Bonchev–Trinajstić information content (AvgIpc) is 3.31. The fourth-order valence-electron chi connectivity index (χ4n) is 5.08. The quantitative estimate of drug-likeness (QED) is 0.350. The summed E-state index contributed by atoms with van der Waals surface area (Å²) in [5.74, 6) is 0.285. The summed E-state index contributed by atoms with van der Waals surface area (Å²) in [6, 6.07) is 10.2. The summed E-state index contributed by atoms with van der Waals surface area (Å²) < 4.78 is 16.1. The lowest BCUT2D eigenvalue weighted by atomic mass is 9.74. The average molecular weight is 501 g/mol. The van der Waals surface area contributed by atoms with Gasteiger partial charge in [-0.1, -0.05) is 25.0 Å². The number of aliphatic hydroxyl groups excluding tert-OH is 1. The first-order valence-corrected chi connectivity index (χ1v) is 12.4. The molecule has 1 aliphatic rings. The smallest absolute Gasteiger partial charge is 0.302 e. The summed E-state index contributed by atoms with van der Waals surface area (Å²) in [5, 5.41) is 28.9. The topological polar surface area (TPSA) is 123 Å². The third kappa shape index (κ3) is 7.13. The van der Waals surface area contributed by atoms with Crippen LogP contribution in [0.5, 0.6) is 23.0 Å². The Balaban J connectivity index is 1.69. The van der Waals surface area contributed by atoms with E-state index in [2.05, 4.69) is 0 Å². The van der Waals surface area contributed by atoms with Crippen LogP contribution in [0.4, 0.5) is 0 Å². The Morgan fingerprint density at radius 2 is 1.72 bits per heavy atom. The summed E-state index contributed by atoms with van der Waals surface area (Å²) in [6.07, 6.45) is 4.61. The van der Waals surface area contributed by atoms with Crippen LogP contribution in [0.3, 0.4) is 0 Å². The number of hydrogen-bond donors (Lipinski definition) is 3. The molecule has 0 bridgehead atoms. The molecule has 0 spiro atoms. The van der Waals surface area contributed by atoms with Gasteiger partial charge in [0.25, 0.3) is 0 Å². The van der Waals surface area contributed by atoms with Gasteiger partial charge in [-0.3, -0.25) is 9.59 Å². The molecule has 0 radical (unpaired) electrons. The highest BCUT2D eigenvalue weighted by molar-refractivity contribution is 5.81. The lowest BCUT2D eigenvalue weighted by Crippen LogP contribution is -2.29. The summed E-state index contributed by atoms with van der Waals surface area (Å²) in [4.78, 5) is 25.0. The molecule has 0 saturated heterocycles. The Morgan fingerprint density at radius 3 is 2.39 bits per heavy atom. The zero-order valence-electron chi connectivity index (χ0n) is 21.0. The van der Waals surface area contributed by atoms with E-state index in [0.29, 0.717) is 25.0 Å². The van der Waals surface area contributed by atoms with Crippen molar-refractivity contribution in [1.82, 2.24) is 0 Å². The Labute approximate surface area is 211 Å². The maximum atomic E-state index is 13.3. The van der Waals surface area contributed by atoms with Gasteiger partial charge in [-0.2, -0.15) is 0 Å². The molecule has 8 nitrogen and oxygen atoms in total. The predicted molar refractivity (Wildman–Crippen MR) is 134 cm³/mol. The molecule has 196 valence electrons. The van der Waals surface area contributed by atoms with Crippen molar-refractivity contribution in [2.45, 2.75) is 69.8 Å². The first kappa shape index (κ1) is 27.3. The highest BCUT2D eigenvalue weighted by Crippen LogP contribution is 2.46. The lowest BCUT2D eigenvalue weighted by molar-refractivity contribution is -0.148. The van der Waals surface area contributed by atoms with Crippen molar-refractivity contribution in [2.24, 2.45) is 0 Å². The number of carbonyl (C=O) groups is 2. The molecule has 0 amide bonds. The number of phenols is 2. The predicted octanol–water partition coefficient (Wildman–Crippen LogP) is 4.20. The van der Waals surface area contributed by atoms with Gasteiger partial charge in [0.2, 0.25) is 0 Å². The number of phenolic OH excluding ortho intramolecular Hbond substituents is 2. The number of rotatable bonds is 13. The lowest BCUT2D eigenvalue weighted by Gasteiger charge is -2.30. The van der Waals surface area contributed by atoms with Gasteiger partial charge in [0.1, 0.15) is 18.5 Å². The van der Waals surface area contributed by atoms with Crippen LogP contribution in [-0.2, 0) is 26.2 Å². The highest BCUT2D eigenvalue weighted by Gasteiger charge is 2.38. The second-order valence-electron chi connectivity index (χ2n) is 9.44. The highest BCUT2D eigenvalue weighted by atomic mass is 16.5. The number of aryl methyl sites for hydroxylation is 1. The fraction of sp³-hybridized carbons (Fsp3) is 0.500. The second-order valence-corrected chi connectivity index (χ2v) is 9.44. The monoisotopic (exact) mass is 500 g/mol. The molecular weight excluding hydrogens is 464 g/mol. The van der Waals surface area contributed by atoms with E-state index in [1.165, 1.54) is 20.1 Å². The summed E-state index contributed by atoms with van der Waals surface area (Å²) >= 11 is 0. The third-order valence-corrected chi connectivity index (χ3v) is 6.80. The standard InChI is InChI=1S/C28H36O8/c1-19(30)36-23(8-5-20-6-9-25(33)27(15-20)35-14-13-29)17-22(31)18-28(11-3-4-12-28)21-7-10-24(32)26(16-21)34-2/h6-7,9-10,15-16,23,29,32-33H,3-5,8,11-14,17-18H2,1-2H3. The van der Waals surface area contributed by atoms with Gasteiger partial charge in [0, 0.05) is 25.2 Å². The molecule has 1 aliphatic carbocycles. The molecule has 3 rings (SSSR count). The number of carbonyl (C=O) groups excluding carboxylic acids is 2. The van der Waals surface area contributed by atoms with Crippen LogP contribution in [0.1, 0.15) is 63.0 Å². The van der Waals surface area contributed by atoms with Crippen LogP contribution < -0.4 is 9.47 Å². The fourth-order valence-corrected chi connectivity index (χ4v) is 5.08. The van der Waals surface area contributed by atoms with E-state index in [-0.39, 0.29) is 48.1 Å². The summed E-state index contributed by atoms with van der Waals surface area (Å²) in [7, 11) is 1.50. The number of ether oxygens (including phenoxy) is 3. The minimum atomic E-state index is -0.571. The van der Waals surface area contributed by atoms with Crippen molar-refractivity contribution >= 4 is 11.8 Å². The Morgan fingerprint density at radius 1 is 1.03 bits per heavy atom. The van der Waals surface area contributed by atoms with Crippen LogP contribution >= 0.6 is 0 Å². The van der Waals surface area contributed by atoms with E-state index in [1.807, 2.05) is 12.1 Å². The number of hydrogen-bond acceptors (Lipinski definition) is 8. The Hall–Kier alpha value is -3.26. The molecule has 36 heavy (non-hydrogen) atoms. The normalized spacial score (nSPS) is 15.3. The van der Waals surface area contributed by atoms with Crippen molar-refractivity contribution < 1.29 is 39.1 Å². The summed E-state index contributed by atoms with van der Waals surface area (Å²) in [6.45, 7) is 1.23. The Kier molecular flexibility index (Phi) is 9.58. The summed E-state index contributed by atoms with van der Waals surface area (Å²) in [5.41, 5.74) is 1.51. The second kappa shape index (κ2) is 12.6. The van der Waals surface area contributed by atoms with Crippen molar-refractivity contribution in [3.05, 3.63) is 47.5 Å². The molecule has 3 N–H and O–H groups in total. The SMILES string of the molecule is COc1cc(C2(CC(=O)CC(CCc3ccc(O)c(OCCO)c3)OC(C)=O)CCCC2)ccc1O. The largest absolute Gasteiger partial charge is 0.504 e. The van der Waals surface area contributed by atoms with E-state index >= 15 is 0 Å². The number of esters is 1. The first-order chi connectivity index (χ1) is 17.3. The molecule has 2 aromatic carbocycles. The number of aliphatic hydroxyl groups is 1. The number of ketones is 1. The molecule has 1 unspecified atom stereocenters. The zero-order valence-corrected chi connectivity index (χ0v) is 21.0. The van der Waals surface area contributed by atoms with E-state index in [1.54, 1.807) is 18.2 Å². The number of Topliss-reactive ketones (excluding diaryl/α,β-unsaturated/α-hetero) is 1. The molecule has 0 aliphatic heterocycles. The van der Waals surface area contributed by atoms with Crippen LogP contribution in [-0.4, -0.2) is 53.5 Å². The van der Waals surface area contributed by atoms with Gasteiger partial charge < -0.3 is 29.5 Å². The van der Waals surface area contributed by atoms with Crippen molar-refractivity contribution in [2.75, 3.05) is 20.3 Å². The first-order valence-electron chi connectivity index (χ1n) is 12.4. The van der Waals surface area contributed by atoms with Crippen molar-refractivity contribution in [1.29, 1.82) is 0 Å². The molecule has 0 heterocycles. The number of benzene rings is 2. The van der Waals surface area contributed by atoms with E-state index < -0.39 is 12.1 Å². The van der Waals surface area contributed by atoms with Gasteiger partial charge in [0.05, 0.1) is 13.7 Å². The minimum absolute atomic E-state index is 0.0212. The van der Waals surface area contributed by atoms with Crippen LogP contribution in [0, 0.1) is 0 Å². The molecule has 2 aromatic rings. The van der Waals surface area contributed by atoms with Crippen molar-refractivity contribution in [3.63, 3.8) is 0 Å². The molecule has 1 atom stereocenters. The minimum Gasteiger partial charge on any atom is -0.504 e. The van der Waals surface area contributed by atoms with Crippen LogP contribution in [0.15, 0.2) is 36.4 Å². The molecule has 0 aromatic heterocycles. The maximum absolute atomic E-state index is 13.3. The number of methoxy groups -OCH3 is 1. The van der Waals surface area contributed by atoms with Crippen LogP contribution in [0.25, 0.3) is 0 Å². The maximum Gasteiger partial charge on any atom is 0.302 e. The van der Waals surface area contributed by atoms with E-state index in [0.717, 1.165) is 36.8 Å². The molecular formula is C28H36O8. The third-order valence-electron chi connectivity index (χ3n) is 6.80. The van der Waals surface area contributed by atoms with Crippen molar-refractivity contribution in [3.8, 4) is 23.0 Å².